The molecule has 0 aromatic heterocycles. The summed E-state index contributed by atoms with van der Waals surface area (Å²) in [5, 5.41) is 0. The van der Waals surface area contributed by atoms with Crippen molar-refractivity contribution in [3.05, 3.63) is 12.2 Å². The Kier molecular flexibility index (Phi) is 9.42. The van der Waals surface area contributed by atoms with Gasteiger partial charge in [0.2, 0.25) is 0 Å². The van der Waals surface area contributed by atoms with Crippen LogP contribution in [0.15, 0.2) is 12.2 Å². The van der Waals surface area contributed by atoms with E-state index in [0.29, 0.717) is 6.10 Å². The molecule has 0 aliphatic heterocycles. The molecule has 0 bridgehead atoms. The summed E-state index contributed by atoms with van der Waals surface area (Å²) in [7, 11) is 1.91. The molecule has 4 fully saturated rings. The van der Waals surface area contributed by atoms with Gasteiger partial charge in [0.05, 0.1) is 6.10 Å². The van der Waals surface area contributed by atoms with Crippen molar-refractivity contribution >= 4 is 0 Å². The highest BCUT2D eigenvalue weighted by molar-refractivity contribution is 4.88. The largest absolute Gasteiger partial charge is 0.381 e. The van der Waals surface area contributed by atoms with Crippen molar-refractivity contribution in [3.63, 3.8) is 0 Å². The summed E-state index contributed by atoms with van der Waals surface area (Å²) in [6.45, 7) is 2.16. The molecular weight excluding hydrogens is 376 g/mol. The minimum absolute atomic E-state index is 0.566. The first kappa shape index (κ1) is 23.8. The van der Waals surface area contributed by atoms with E-state index in [1.165, 1.54) is 51.4 Å². The van der Waals surface area contributed by atoms with Gasteiger partial charge in [0, 0.05) is 7.11 Å². The summed E-state index contributed by atoms with van der Waals surface area (Å²) < 4.78 is 5.60. The zero-order valence-corrected chi connectivity index (χ0v) is 20.9. The van der Waals surface area contributed by atoms with Gasteiger partial charge in [-0.3, -0.25) is 0 Å². The quantitative estimate of drug-likeness (QED) is 0.368. The van der Waals surface area contributed by atoms with E-state index >= 15 is 0 Å². The minimum atomic E-state index is 0.566. The molecule has 0 aromatic carbocycles. The Morgan fingerprint density at radius 3 is 1.26 bits per heavy atom. The third kappa shape index (κ3) is 6.61. The summed E-state index contributed by atoms with van der Waals surface area (Å²) in [5.74, 6) is 7.43. The van der Waals surface area contributed by atoms with Gasteiger partial charge in [-0.05, 0) is 151 Å². The molecule has 31 heavy (non-hydrogen) atoms. The van der Waals surface area contributed by atoms with Crippen molar-refractivity contribution < 1.29 is 4.74 Å². The predicted molar refractivity (Wildman–Crippen MR) is 133 cm³/mol. The van der Waals surface area contributed by atoms with E-state index in [-0.39, 0.29) is 0 Å². The maximum atomic E-state index is 5.60. The Hall–Kier alpha value is -0.300. The van der Waals surface area contributed by atoms with Crippen LogP contribution in [-0.2, 0) is 4.74 Å². The first-order chi connectivity index (χ1) is 15.3. The smallest absolute Gasteiger partial charge is 0.0571 e. The van der Waals surface area contributed by atoms with Crippen LogP contribution in [0.3, 0.4) is 0 Å². The van der Waals surface area contributed by atoms with Crippen LogP contribution in [0, 0.1) is 41.4 Å². The maximum absolute atomic E-state index is 5.60. The number of hydrogen-bond acceptors (Lipinski definition) is 1. The molecule has 1 heteroatoms. The van der Waals surface area contributed by atoms with Crippen molar-refractivity contribution in [1.82, 2.24) is 0 Å². The van der Waals surface area contributed by atoms with Crippen LogP contribution >= 0.6 is 0 Å². The number of hydrogen-bond donors (Lipinski definition) is 0. The van der Waals surface area contributed by atoms with E-state index in [9.17, 15) is 0 Å². The van der Waals surface area contributed by atoms with Crippen LogP contribution in [0.2, 0.25) is 0 Å². The van der Waals surface area contributed by atoms with Crippen molar-refractivity contribution in [1.29, 1.82) is 0 Å². The van der Waals surface area contributed by atoms with Gasteiger partial charge in [0.15, 0.2) is 0 Å². The second kappa shape index (κ2) is 12.2. The molecule has 4 saturated carbocycles. The second-order valence-electron chi connectivity index (χ2n) is 12.0. The Balaban J connectivity index is 1.12. The molecule has 0 heterocycles. The van der Waals surface area contributed by atoms with Crippen molar-refractivity contribution in [2.75, 3.05) is 7.11 Å². The number of rotatable bonds is 7. The predicted octanol–water partition coefficient (Wildman–Crippen LogP) is 8.97. The highest BCUT2D eigenvalue weighted by Gasteiger charge is 2.36. The Bertz CT molecular complexity index is 507. The summed E-state index contributed by atoms with van der Waals surface area (Å²) in [6.07, 6.45) is 32.1. The fourth-order valence-corrected chi connectivity index (χ4v) is 8.42. The van der Waals surface area contributed by atoms with Crippen LogP contribution < -0.4 is 0 Å². The van der Waals surface area contributed by atoms with E-state index in [0.717, 1.165) is 41.4 Å². The number of ether oxygens (including phenoxy) is 1. The highest BCUT2D eigenvalue weighted by atomic mass is 16.5. The standard InChI is InChI=1S/C30H52O/c1-3-4-5-6-23-7-9-24(10-8-23)25-11-13-26(14-12-25)27-15-17-28(18-16-27)29-19-21-30(31-2)22-20-29/h3-4,23-30H,5-22H2,1-2H3/b4-3+. The summed E-state index contributed by atoms with van der Waals surface area (Å²) in [4.78, 5) is 0. The molecule has 4 aliphatic carbocycles. The molecule has 0 saturated heterocycles. The van der Waals surface area contributed by atoms with E-state index < -0.39 is 0 Å². The lowest BCUT2D eigenvalue weighted by atomic mass is 9.63. The summed E-state index contributed by atoms with van der Waals surface area (Å²) in [6, 6.07) is 0. The lowest BCUT2D eigenvalue weighted by Gasteiger charge is -2.43. The van der Waals surface area contributed by atoms with Crippen LogP contribution in [0.5, 0.6) is 0 Å². The van der Waals surface area contributed by atoms with Gasteiger partial charge in [-0.25, -0.2) is 0 Å². The monoisotopic (exact) mass is 428 g/mol. The third-order valence-corrected chi connectivity index (χ3v) is 10.6. The Labute approximate surface area is 194 Å². The van der Waals surface area contributed by atoms with Gasteiger partial charge in [0.1, 0.15) is 0 Å². The van der Waals surface area contributed by atoms with Crippen molar-refractivity contribution in [3.8, 4) is 0 Å². The SMILES string of the molecule is C/C=C/CCC1CCC(C2CCC(C3CCC(C4CCC(OC)CC4)CC3)CC2)CC1. The Morgan fingerprint density at radius 2 is 0.903 bits per heavy atom. The fraction of sp³-hybridized carbons (Fsp3) is 0.933. The molecule has 0 unspecified atom stereocenters. The molecule has 0 atom stereocenters. The van der Waals surface area contributed by atoms with Crippen LogP contribution in [0.25, 0.3) is 0 Å². The molecule has 0 aromatic rings. The number of allylic oxidation sites excluding steroid dienone is 2. The van der Waals surface area contributed by atoms with Gasteiger partial charge >= 0.3 is 0 Å². The third-order valence-electron chi connectivity index (χ3n) is 10.6. The average molecular weight is 429 g/mol. The zero-order chi connectivity index (χ0) is 21.5. The first-order valence-electron chi connectivity index (χ1n) is 14.4. The van der Waals surface area contributed by atoms with Crippen LogP contribution in [0.4, 0.5) is 0 Å². The van der Waals surface area contributed by atoms with Gasteiger partial charge < -0.3 is 4.74 Å². The van der Waals surface area contributed by atoms with E-state index in [4.69, 9.17) is 4.74 Å². The van der Waals surface area contributed by atoms with Crippen LogP contribution in [-0.4, -0.2) is 13.2 Å². The molecule has 0 N–H and O–H groups in total. The van der Waals surface area contributed by atoms with Crippen molar-refractivity contribution in [2.45, 2.75) is 129 Å². The summed E-state index contributed by atoms with van der Waals surface area (Å²) in [5.41, 5.74) is 0. The fourth-order valence-electron chi connectivity index (χ4n) is 8.42. The normalized spacial score (nSPS) is 42.6. The highest BCUT2D eigenvalue weighted by Crippen LogP contribution is 2.48. The molecule has 0 amide bonds. The van der Waals surface area contributed by atoms with Gasteiger partial charge in [0.25, 0.3) is 0 Å². The van der Waals surface area contributed by atoms with Gasteiger partial charge in [-0.2, -0.15) is 0 Å². The van der Waals surface area contributed by atoms with Crippen molar-refractivity contribution in [2.24, 2.45) is 41.4 Å². The van der Waals surface area contributed by atoms with Crippen LogP contribution in [0.1, 0.15) is 122 Å². The molecule has 0 radical (unpaired) electrons. The molecular formula is C30H52O. The van der Waals surface area contributed by atoms with E-state index in [2.05, 4.69) is 19.1 Å². The molecule has 178 valence electrons. The molecule has 4 aliphatic rings. The topological polar surface area (TPSA) is 9.23 Å². The first-order valence-corrected chi connectivity index (χ1v) is 14.4. The molecule has 0 spiro atoms. The number of methoxy groups -OCH3 is 1. The minimum Gasteiger partial charge on any atom is -0.381 e. The summed E-state index contributed by atoms with van der Waals surface area (Å²) >= 11 is 0. The lowest BCUT2D eigenvalue weighted by Crippen LogP contribution is -2.32. The van der Waals surface area contributed by atoms with E-state index in [1.807, 2.05) is 7.11 Å². The second-order valence-corrected chi connectivity index (χ2v) is 12.0. The molecule has 1 nitrogen and oxygen atoms in total. The zero-order valence-electron chi connectivity index (χ0n) is 20.9. The maximum Gasteiger partial charge on any atom is 0.0571 e. The Morgan fingerprint density at radius 1 is 0.548 bits per heavy atom. The average Bonchev–Trinajstić information content (AvgIpc) is 2.85. The molecule has 4 rings (SSSR count). The van der Waals surface area contributed by atoms with E-state index in [1.54, 1.807) is 64.2 Å². The van der Waals surface area contributed by atoms with Gasteiger partial charge in [-0.1, -0.05) is 25.0 Å². The lowest BCUT2D eigenvalue weighted by molar-refractivity contribution is 0.0345. The van der Waals surface area contributed by atoms with Gasteiger partial charge in [-0.15, -0.1) is 0 Å².